The zero-order chi connectivity index (χ0) is 20.6. The van der Waals surface area contributed by atoms with Crippen LogP contribution in [0.15, 0.2) is 66.7 Å². The molecule has 4 rings (SSSR count). The van der Waals surface area contributed by atoms with Crippen molar-refractivity contribution in [3.63, 3.8) is 0 Å². The summed E-state index contributed by atoms with van der Waals surface area (Å²) < 4.78 is 33.5. The number of fused-ring (bicyclic) bond motifs is 1. The molecule has 3 aromatic rings. The van der Waals surface area contributed by atoms with Gasteiger partial charge in [0.25, 0.3) is 0 Å². The number of benzene rings is 3. The Morgan fingerprint density at radius 3 is 1.97 bits per heavy atom. The van der Waals surface area contributed by atoms with Crippen molar-refractivity contribution in [1.29, 1.82) is 0 Å². The van der Waals surface area contributed by atoms with E-state index in [1.807, 2.05) is 87.5 Å². The van der Waals surface area contributed by atoms with E-state index in [4.69, 9.17) is 14.2 Å². The van der Waals surface area contributed by atoms with Crippen molar-refractivity contribution >= 4 is 45.6 Å². The summed E-state index contributed by atoms with van der Waals surface area (Å²) in [6.07, 6.45) is 0. The molecular formula is C23H22IO4P. The van der Waals surface area contributed by atoms with E-state index >= 15 is 0 Å². The molecule has 0 unspecified atom stereocenters. The second-order valence-corrected chi connectivity index (χ2v) is 11.0. The Morgan fingerprint density at radius 1 is 0.931 bits per heavy atom. The fourth-order valence-electron chi connectivity index (χ4n) is 3.48. The topological polar surface area (TPSA) is 44.8 Å². The number of rotatable bonds is 5. The summed E-state index contributed by atoms with van der Waals surface area (Å²) in [6, 6.07) is 21.0. The molecule has 0 N–H and O–H groups in total. The van der Waals surface area contributed by atoms with Gasteiger partial charge in [0.05, 0.1) is 10.2 Å². The van der Waals surface area contributed by atoms with Crippen LogP contribution in [0.4, 0.5) is 0 Å². The lowest BCUT2D eigenvalue weighted by molar-refractivity contribution is -0.0443. The van der Waals surface area contributed by atoms with Gasteiger partial charge in [0.15, 0.2) is 18.6 Å². The van der Waals surface area contributed by atoms with Gasteiger partial charge >= 0.3 is 0 Å². The summed E-state index contributed by atoms with van der Waals surface area (Å²) in [7, 11) is -3.16. The van der Waals surface area contributed by atoms with Gasteiger partial charge in [-0.25, -0.2) is 0 Å². The second-order valence-electron chi connectivity index (χ2n) is 7.18. The number of hydrogen-bond acceptors (Lipinski definition) is 4. The minimum atomic E-state index is -3.16. The first-order valence-corrected chi connectivity index (χ1v) is 12.2. The fourth-order valence-corrected chi connectivity index (χ4v) is 7.72. The van der Waals surface area contributed by atoms with Gasteiger partial charge in [-0.3, -0.25) is 0 Å². The minimum Gasteiger partial charge on any atom is -0.490 e. The maximum Gasteiger partial charge on any atom is 0.246 e. The molecule has 0 spiro atoms. The lowest BCUT2D eigenvalue weighted by Crippen LogP contribution is -2.30. The van der Waals surface area contributed by atoms with Gasteiger partial charge in [0.1, 0.15) is 0 Å². The first-order chi connectivity index (χ1) is 13.9. The monoisotopic (exact) mass is 520 g/mol. The second kappa shape index (κ2) is 7.69. The Bertz CT molecular complexity index is 1040. The summed E-state index contributed by atoms with van der Waals surface area (Å²) >= 11 is 2.21. The van der Waals surface area contributed by atoms with E-state index in [-0.39, 0.29) is 0 Å². The Kier molecular flexibility index (Phi) is 5.38. The molecule has 1 aliphatic heterocycles. The summed E-state index contributed by atoms with van der Waals surface area (Å²) in [5, 5.41) is 2.23. The highest BCUT2D eigenvalue weighted by Crippen LogP contribution is 2.53. The standard InChI is InChI=1S/C23H22IO4P/c1-4-26-18-15-19(20(24)22-21(18)27-23(2,3)28-22)29(25,16-11-7-5-8-12-16)17-13-9-6-10-14-17/h5-15H,4H2,1-3H3. The van der Waals surface area contributed by atoms with Crippen LogP contribution in [-0.2, 0) is 4.57 Å². The molecule has 150 valence electrons. The number of ether oxygens (including phenoxy) is 3. The minimum absolute atomic E-state index is 0.469. The van der Waals surface area contributed by atoms with Crippen LogP contribution in [0.5, 0.6) is 17.2 Å². The lowest BCUT2D eigenvalue weighted by atomic mass is 10.3. The molecule has 0 atom stereocenters. The molecule has 1 heterocycles. The van der Waals surface area contributed by atoms with Gasteiger partial charge in [-0.05, 0) is 35.6 Å². The predicted octanol–water partition coefficient (Wildman–Crippen LogP) is 4.84. The molecule has 0 amide bonds. The molecule has 0 aromatic heterocycles. The summed E-state index contributed by atoms with van der Waals surface area (Å²) in [5.74, 6) is 0.896. The van der Waals surface area contributed by atoms with E-state index in [0.29, 0.717) is 29.2 Å². The van der Waals surface area contributed by atoms with E-state index in [2.05, 4.69) is 22.6 Å². The van der Waals surface area contributed by atoms with Crippen molar-refractivity contribution in [3.05, 3.63) is 70.3 Å². The first-order valence-electron chi connectivity index (χ1n) is 9.46. The van der Waals surface area contributed by atoms with Crippen LogP contribution in [0.1, 0.15) is 20.8 Å². The third kappa shape index (κ3) is 3.55. The van der Waals surface area contributed by atoms with E-state index < -0.39 is 12.9 Å². The molecule has 0 saturated carbocycles. The normalized spacial score (nSPS) is 14.6. The van der Waals surface area contributed by atoms with Crippen LogP contribution < -0.4 is 30.1 Å². The highest BCUT2D eigenvalue weighted by molar-refractivity contribution is 14.1. The molecule has 0 bridgehead atoms. The Balaban J connectivity index is 2.03. The molecule has 0 fully saturated rings. The fraction of sp³-hybridized carbons (Fsp3) is 0.217. The highest BCUT2D eigenvalue weighted by atomic mass is 127. The summed E-state index contributed by atoms with van der Waals surface area (Å²) in [6.45, 7) is 6.09. The predicted molar refractivity (Wildman–Crippen MR) is 125 cm³/mol. The van der Waals surface area contributed by atoms with Crippen LogP contribution in [0.25, 0.3) is 0 Å². The molecule has 29 heavy (non-hydrogen) atoms. The van der Waals surface area contributed by atoms with Crippen LogP contribution in [-0.4, -0.2) is 12.4 Å². The lowest BCUT2D eigenvalue weighted by Gasteiger charge is -2.22. The molecule has 0 saturated heterocycles. The molecule has 0 radical (unpaired) electrons. The van der Waals surface area contributed by atoms with Crippen molar-refractivity contribution < 1.29 is 18.8 Å². The van der Waals surface area contributed by atoms with Crippen molar-refractivity contribution in [3.8, 4) is 17.2 Å². The van der Waals surface area contributed by atoms with E-state index in [1.165, 1.54) is 0 Å². The maximum absolute atomic E-state index is 14.8. The van der Waals surface area contributed by atoms with E-state index in [9.17, 15) is 4.57 Å². The molecule has 0 aliphatic carbocycles. The van der Waals surface area contributed by atoms with Gasteiger partial charge in [-0.15, -0.1) is 0 Å². The maximum atomic E-state index is 14.8. The highest BCUT2D eigenvalue weighted by Gasteiger charge is 2.41. The van der Waals surface area contributed by atoms with Gasteiger partial charge < -0.3 is 18.8 Å². The summed E-state index contributed by atoms with van der Waals surface area (Å²) in [5.41, 5.74) is 0. The Labute approximate surface area is 184 Å². The number of halogens is 1. The van der Waals surface area contributed by atoms with Crippen molar-refractivity contribution in [2.45, 2.75) is 26.6 Å². The quantitative estimate of drug-likeness (QED) is 0.357. The van der Waals surface area contributed by atoms with Gasteiger partial charge in [0.2, 0.25) is 11.5 Å². The van der Waals surface area contributed by atoms with Crippen molar-refractivity contribution in [1.82, 2.24) is 0 Å². The largest absolute Gasteiger partial charge is 0.490 e. The zero-order valence-corrected chi connectivity index (χ0v) is 19.6. The van der Waals surface area contributed by atoms with Crippen LogP contribution in [0, 0.1) is 3.57 Å². The number of hydrogen-bond donors (Lipinski definition) is 0. The summed E-state index contributed by atoms with van der Waals surface area (Å²) in [4.78, 5) is 0. The van der Waals surface area contributed by atoms with E-state index in [0.717, 1.165) is 14.2 Å². The van der Waals surface area contributed by atoms with Gasteiger partial charge in [-0.2, -0.15) is 0 Å². The molecule has 4 nitrogen and oxygen atoms in total. The zero-order valence-electron chi connectivity index (χ0n) is 16.5. The SMILES string of the molecule is CCOc1cc(P(=O)(c2ccccc2)c2ccccc2)c(I)c2c1OC(C)(C)O2. The average molecular weight is 520 g/mol. The molecular weight excluding hydrogens is 498 g/mol. The van der Waals surface area contributed by atoms with Crippen LogP contribution in [0.3, 0.4) is 0 Å². The third-order valence-electron chi connectivity index (χ3n) is 4.70. The van der Waals surface area contributed by atoms with Crippen LogP contribution >= 0.6 is 29.7 Å². The first kappa shape index (κ1) is 20.3. The average Bonchev–Trinajstić information content (AvgIpc) is 3.07. The van der Waals surface area contributed by atoms with Crippen molar-refractivity contribution in [2.24, 2.45) is 0 Å². The molecule has 3 aromatic carbocycles. The Morgan fingerprint density at radius 2 is 1.45 bits per heavy atom. The molecule has 1 aliphatic rings. The van der Waals surface area contributed by atoms with E-state index in [1.54, 1.807) is 0 Å². The molecule has 6 heteroatoms. The van der Waals surface area contributed by atoms with Gasteiger partial charge in [-0.1, -0.05) is 60.7 Å². The van der Waals surface area contributed by atoms with Crippen molar-refractivity contribution in [2.75, 3.05) is 6.61 Å². The smallest absolute Gasteiger partial charge is 0.246 e. The third-order valence-corrected chi connectivity index (χ3v) is 9.28. The van der Waals surface area contributed by atoms with Gasteiger partial charge in [0, 0.05) is 29.8 Å². The van der Waals surface area contributed by atoms with Crippen LogP contribution in [0.2, 0.25) is 0 Å². The Hall–Kier alpha value is -1.98.